The fourth-order valence-corrected chi connectivity index (χ4v) is 5.36. The Morgan fingerprint density at radius 2 is 1.77 bits per heavy atom. The van der Waals surface area contributed by atoms with Crippen molar-refractivity contribution in [2.24, 2.45) is 0 Å². The summed E-state index contributed by atoms with van der Waals surface area (Å²) in [7, 11) is -0.321. The summed E-state index contributed by atoms with van der Waals surface area (Å²) in [6.45, 7) is 17.9. The van der Waals surface area contributed by atoms with Gasteiger partial charge in [-0.2, -0.15) is 0 Å². The maximum absolute atomic E-state index is 6.78. The lowest BCUT2D eigenvalue weighted by molar-refractivity contribution is -0.0580. The predicted octanol–water partition coefficient (Wildman–Crippen LogP) is 7.38. The Hall–Kier alpha value is -2.24. The van der Waals surface area contributed by atoms with Crippen molar-refractivity contribution in [3.05, 3.63) is 47.5 Å². The fourth-order valence-electron chi connectivity index (χ4n) is 4.34. The Morgan fingerprint density at radius 3 is 2.42 bits per heavy atom. The van der Waals surface area contributed by atoms with E-state index in [9.17, 15) is 0 Å². The van der Waals surface area contributed by atoms with E-state index < -0.39 is 14.6 Å². The summed E-state index contributed by atoms with van der Waals surface area (Å²) in [6, 6.07) is 10.4. The Bertz CT molecular complexity index is 1060. The van der Waals surface area contributed by atoms with Gasteiger partial charge in [-0.05, 0) is 68.2 Å². The molecule has 2 heterocycles. The zero-order valence-corrected chi connectivity index (χ0v) is 21.3. The highest BCUT2D eigenvalue weighted by molar-refractivity contribution is 6.74. The molecule has 2 aromatic rings. The van der Waals surface area contributed by atoms with E-state index in [4.69, 9.17) is 13.9 Å². The van der Waals surface area contributed by atoms with Crippen molar-refractivity contribution in [2.45, 2.75) is 71.5 Å². The van der Waals surface area contributed by atoms with Crippen molar-refractivity contribution in [1.29, 1.82) is 0 Å². The van der Waals surface area contributed by atoms with Crippen LogP contribution in [-0.2, 0) is 4.74 Å². The van der Waals surface area contributed by atoms with Gasteiger partial charge < -0.3 is 19.2 Å². The van der Waals surface area contributed by atoms with Gasteiger partial charge in [0, 0.05) is 23.9 Å². The second-order valence-corrected chi connectivity index (χ2v) is 15.5. The molecule has 1 atom stereocenters. The van der Waals surface area contributed by atoms with Crippen molar-refractivity contribution < 1.29 is 13.9 Å². The number of methoxy groups -OCH3 is 1. The van der Waals surface area contributed by atoms with Gasteiger partial charge in [-0.25, -0.2) is 0 Å². The molecule has 4 nitrogen and oxygen atoms in total. The van der Waals surface area contributed by atoms with Crippen LogP contribution in [0.1, 0.15) is 59.0 Å². The molecule has 5 heteroatoms. The maximum Gasteiger partial charge on any atom is 0.250 e. The first kappa shape index (κ1) is 22.0. The molecule has 0 bridgehead atoms. The van der Waals surface area contributed by atoms with Gasteiger partial charge in [0.15, 0.2) is 0 Å². The predicted molar refractivity (Wildman–Crippen MR) is 131 cm³/mol. The van der Waals surface area contributed by atoms with Gasteiger partial charge in [0.2, 0.25) is 6.29 Å². The molecule has 166 valence electrons. The Labute approximate surface area is 187 Å². The average Bonchev–Trinajstić information content (AvgIpc) is 2.64. The van der Waals surface area contributed by atoms with Crippen LogP contribution < -0.4 is 14.5 Å². The summed E-state index contributed by atoms with van der Waals surface area (Å²) in [6.07, 6.45) is 1.81. The molecule has 31 heavy (non-hydrogen) atoms. The van der Waals surface area contributed by atoms with Crippen LogP contribution in [0.15, 0.2) is 36.4 Å². The molecule has 1 unspecified atom stereocenters. The van der Waals surface area contributed by atoms with E-state index in [-0.39, 0.29) is 10.6 Å². The molecule has 0 fully saturated rings. The second-order valence-electron chi connectivity index (χ2n) is 10.8. The molecule has 1 N–H and O–H groups in total. The quantitative estimate of drug-likeness (QED) is 0.508. The zero-order chi connectivity index (χ0) is 22.8. The molecule has 2 aromatic carbocycles. The third kappa shape index (κ3) is 3.68. The minimum Gasteiger partial charge on any atom is -0.543 e. The molecule has 0 aromatic heterocycles. The highest BCUT2D eigenvalue weighted by Crippen LogP contribution is 2.53. The van der Waals surface area contributed by atoms with E-state index in [1.165, 1.54) is 5.57 Å². The van der Waals surface area contributed by atoms with Gasteiger partial charge >= 0.3 is 0 Å². The van der Waals surface area contributed by atoms with Gasteiger partial charge in [-0.15, -0.1) is 0 Å². The van der Waals surface area contributed by atoms with E-state index in [0.717, 1.165) is 39.4 Å². The van der Waals surface area contributed by atoms with Crippen molar-refractivity contribution in [3.63, 3.8) is 0 Å². The van der Waals surface area contributed by atoms with E-state index in [1.54, 1.807) is 7.11 Å². The minimum atomic E-state index is -2.02. The maximum atomic E-state index is 6.78. The molecule has 0 saturated carbocycles. The van der Waals surface area contributed by atoms with Gasteiger partial charge in [-0.3, -0.25) is 0 Å². The minimum absolute atomic E-state index is 0.0993. The van der Waals surface area contributed by atoms with Crippen LogP contribution in [0, 0.1) is 0 Å². The van der Waals surface area contributed by atoms with Crippen LogP contribution in [-0.4, -0.2) is 21.0 Å². The number of fused-ring (bicyclic) bond motifs is 5. The lowest BCUT2D eigenvalue weighted by atomic mass is 9.83. The lowest BCUT2D eigenvalue weighted by Gasteiger charge is -2.39. The van der Waals surface area contributed by atoms with Crippen molar-refractivity contribution in [1.82, 2.24) is 0 Å². The number of rotatable bonds is 3. The monoisotopic (exact) mass is 437 g/mol. The van der Waals surface area contributed by atoms with Crippen LogP contribution in [0.5, 0.6) is 11.5 Å². The average molecular weight is 438 g/mol. The fraction of sp³-hybridized carbons (Fsp3) is 0.462. The summed E-state index contributed by atoms with van der Waals surface area (Å²) in [4.78, 5) is 0. The van der Waals surface area contributed by atoms with Gasteiger partial charge in [0.1, 0.15) is 11.5 Å². The molecule has 2 aliphatic heterocycles. The van der Waals surface area contributed by atoms with Crippen LogP contribution >= 0.6 is 0 Å². The number of hydrogen-bond acceptors (Lipinski definition) is 4. The smallest absolute Gasteiger partial charge is 0.250 e. The normalized spacial score (nSPS) is 19.3. The molecule has 0 aliphatic carbocycles. The van der Waals surface area contributed by atoms with Gasteiger partial charge in [-0.1, -0.05) is 39.0 Å². The van der Waals surface area contributed by atoms with E-state index in [1.807, 2.05) is 12.1 Å². The number of nitrogens with one attached hydrogen (secondary N) is 1. The summed E-state index contributed by atoms with van der Waals surface area (Å²) < 4.78 is 19.0. The summed E-state index contributed by atoms with van der Waals surface area (Å²) in [5, 5.41) is 3.75. The molecular formula is C26H35NO3Si. The molecule has 0 amide bonds. The largest absolute Gasteiger partial charge is 0.543 e. The van der Waals surface area contributed by atoms with Crippen LogP contribution in [0.2, 0.25) is 18.1 Å². The van der Waals surface area contributed by atoms with E-state index in [0.29, 0.717) is 0 Å². The number of ether oxygens (including phenoxy) is 2. The van der Waals surface area contributed by atoms with Crippen LogP contribution in [0.3, 0.4) is 0 Å². The molecule has 0 spiro atoms. The van der Waals surface area contributed by atoms with Gasteiger partial charge in [0.25, 0.3) is 8.32 Å². The lowest BCUT2D eigenvalue weighted by Crippen LogP contribution is -2.44. The summed E-state index contributed by atoms with van der Waals surface area (Å²) in [5.74, 6) is 1.70. The molecule has 0 saturated heterocycles. The SMILES string of the molecule is COC1Oc2cccc(O[Si](C)(C)C(C)(C)C)c2-c2ccc3c(c21)C(C)=CC(C)(C)N3. The Morgan fingerprint density at radius 1 is 1.06 bits per heavy atom. The third-order valence-corrected chi connectivity index (χ3v) is 11.1. The van der Waals surface area contributed by atoms with E-state index >= 15 is 0 Å². The first-order valence-corrected chi connectivity index (χ1v) is 13.9. The van der Waals surface area contributed by atoms with Crippen molar-refractivity contribution in [2.75, 3.05) is 12.4 Å². The third-order valence-electron chi connectivity index (χ3n) is 6.79. The zero-order valence-electron chi connectivity index (χ0n) is 20.3. The van der Waals surface area contributed by atoms with E-state index in [2.05, 4.69) is 84.2 Å². The summed E-state index contributed by atoms with van der Waals surface area (Å²) in [5.41, 5.74) is 6.62. The van der Waals surface area contributed by atoms with Crippen molar-refractivity contribution in [3.8, 4) is 22.6 Å². The number of hydrogen-bond donors (Lipinski definition) is 1. The highest BCUT2D eigenvalue weighted by atomic mass is 28.4. The first-order valence-electron chi connectivity index (χ1n) is 11.0. The van der Waals surface area contributed by atoms with Crippen LogP contribution in [0.25, 0.3) is 16.7 Å². The Kier molecular flexibility index (Phi) is 5.06. The molecular weight excluding hydrogens is 402 g/mol. The molecule has 0 radical (unpaired) electrons. The Balaban J connectivity index is 1.94. The topological polar surface area (TPSA) is 39.7 Å². The number of anilines is 1. The van der Waals surface area contributed by atoms with Crippen LogP contribution in [0.4, 0.5) is 5.69 Å². The number of benzene rings is 2. The molecule has 2 aliphatic rings. The second kappa shape index (κ2) is 7.14. The highest BCUT2D eigenvalue weighted by Gasteiger charge is 2.41. The first-order chi connectivity index (χ1) is 14.3. The number of allylic oxidation sites excluding steroid dienone is 1. The summed E-state index contributed by atoms with van der Waals surface area (Å²) >= 11 is 0. The molecule has 4 rings (SSSR count). The van der Waals surface area contributed by atoms with Crippen molar-refractivity contribution >= 4 is 19.6 Å². The van der Waals surface area contributed by atoms with Gasteiger partial charge in [0.05, 0.1) is 11.1 Å². The standard InChI is InChI=1S/C26H35NO3Si/c1-16-15-26(5,6)27-18-14-13-17-22-19(29-24(28-7)23(17)21(16)18)11-10-12-20(22)30-31(8,9)25(2,3)4/h10-15,24,27H,1-9H3.